The molecular formula is C58H47NO16S2. The van der Waals surface area contributed by atoms with E-state index in [4.69, 9.17) is 0 Å². The molecule has 0 spiro atoms. The first-order valence-electron chi connectivity index (χ1n) is 23.4. The van der Waals surface area contributed by atoms with Crippen LogP contribution in [0.25, 0.3) is 0 Å². The first-order valence-corrected chi connectivity index (χ1v) is 26.4. The molecule has 17 nitrogen and oxygen atoms in total. The predicted molar refractivity (Wildman–Crippen MR) is 279 cm³/mol. The van der Waals surface area contributed by atoms with E-state index in [1.54, 1.807) is 39.0 Å². The Morgan fingerprint density at radius 3 is 1.29 bits per heavy atom. The van der Waals surface area contributed by atoms with Gasteiger partial charge in [0.15, 0.2) is 17.3 Å². The predicted octanol–water partition coefficient (Wildman–Crippen LogP) is 9.48. The van der Waals surface area contributed by atoms with Crippen LogP contribution in [-0.4, -0.2) is 84.4 Å². The Kier molecular flexibility index (Phi) is 15.8. The van der Waals surface area contributed by atoms with Gasteiger partial charge in [-0.15, -0.1) is 0 Å². The van der Waals surface area contributed by atoms with Gasteiger partial charge in [0.2, 0.25) is 19.7 Å². The van der Waals surface area contributed by atoms with Crippen molar-refractivity contribution in [1.82, 2.24) is 0 Å². The maximum atomic E-state index is 14.1. The maximum Gasteiger partial charge on any atom is 0.336 e. The molecule has 0 saturated heterocycles. The van der Waals surface area contributed by atoms with E-state index in [1.165, 1.54) is 116 Å². The first kappa shape index (κ1) is 55.5. The minimum absolute atomic E-state index is 0.0613. The van der Waals surface area contributed by atoms with Gasteiger partial charge in [0.1, 0.15) is 0 Å². The van der Waals surface area contributed by atoms with Crippen molar-refractivity contribution in [2.24, 2.45) is 0 Å². The van der Waals surface area contributed by atoms with Gasteiger partial charge in [-0.2, -0.15) is 0 Å². The van der Waals surface area contributed by atoms with Gasteiger partial charge in [0.25, 0.3) is 5.91 Å². The number of benzene rings is 7. The van der Waals surface area contributed by atoms with E-state index < -0.39 is 101 Å². The van der Waals surface area contributed by atoms with E-state index >= 15 is 0 Å². The number of amides is 1. The molecule has 7 aromatic carbocycles. The molecule has 5 N–H and O–H groups in total. The summed E-state index contributed by atoms with van der Waals surface area (Å²) in [6.07, 6.45) is -1.07. The number of carbonyl (C=O) groups excluding carboxylic acids is 4. The van der Waals surface area contributed by atoms with Crippen molar-refractivity contribution in [2.45, 2.75) is 72.0 Å². The number of aryl methyl sites for hydroxylation is 1. The number of Topliss-reactive ketones (excluding diaryl/α,β-unsaturated/α-hetero) is 3. The van der Waals surface area contributed by atoms with Crippen LogP contribution in [0.1, 0.15) is 138 Å². The molecule has 0 atom stereocenters. The van der Waals surface area contributed by atoms with E-state index in [-0.39, 0.29) is 65.9 Å². The lowest BCUT2D eigenvalue weighted by Crippen LogP contribution is -2.23. The highest BCUT2D eigenvalue weighted by Gasteiger charge is 2.31. The van der Waals surface area contributed by atoms with Gasteiger partial charge in [0, 0.05) is 47.1 Å². The third-order valence-electron chi connectivity index (χ3n) is 12.9. The fourth-order valence-corrected chi connectivity index (χ4v) is 11.4. The lowest BCUT2D eigenvalue weighted by molar-refractivity contribution is 0.0677. The molecule has 77 heavy (non-hydrogen) atoms. The van der Waals surface area contributed by atoms with Crippen molar-refractivity contribution in [3.63, 3.8) is 0 Å². The number of hydrogen-bond acceptors (Lipinski definition) is 12. The van der Waals surface area contributed by atoms with Crippen molar-refractivity contribution in [3.05, 3.63) is 218 Å². The lowest BCUT2D eigenvalue weighted by atomic mass is 9.76. The minimum atomic E-state index is -4.42. The van der Waals surface area contributed by atoms with Crippen molar-refractivity contribution >= 4 is 72.5 Å². The van der Waals surface area contributed by atoms with Gasteiger partial charge in [-0.05, 0) is 126 Å². The molecular weight excluding hydrogens is 1030 g/mol. The molecule has 0 fully saturated rings. The third-order valence-corrected chi connectivity index (χ3v) is 16.4. The van der Waals surface area contributed by atoms with Crippen molar-refractivity contribution < 1.29 is 75.6 Å². The van der Waals surface area contributed by atoms with Crippen LogP contribution < -0.4 is 5.32 Å². The maximum absolute atomic E-state index is 14.1. The van der Waals surface area contributed by atoms with E-state index in [9.17, 15) is 75.6 Å². The number of hydrogen-bond donors (Lipinski definition) is 5. The second-order valence-electron chi connectivity index (χ2n) is 18.4. The summed E-state index contributed by atoms with van der Waals surface area (Å²) in [5.41, 5.74) is -2.72. The number of carbonyl (C=O) groups is 8. The quantitative estimate of drug-likeness (QED) is 0.0444. The standard InChI is InChI=1S/C58H47NO16S2/c1-5-50(60)45-30-46(49(57(70)71)31-48(45)56(68)69)52(62)26-34-12-8-16-40(24-34)77(74,75)41-17-9-13-37(29-41)59-53(63)47-28-36(19-21-43(47)55(66)67)58(3,4)35-18-20-42(54(64)65)44(27-35)51(61)25-33-11-7-15-39(23-33)76(72,73)38-14-6-10-32(2)22-38/h6-24,27-31H,5,25-26H2,1-4H3,(H,59,63)(H,64,65)(H,66,67)(H,68,69)(H,70,71). The highest BCUT2D eigenvalue weighted by molar-refractivity contribution is 7.91. The van der Waals surface area contributed by atoms with Crippen LogP contribution in [0.3, 0.4) is 0 Å². The average Bonchev–Trinajstić information content (AvgIpc) is 3.41. The van der Waals surface area contributed by atoms with Crippen LogP contribution in [0.4, 0.5) is 5.69 Å². The summed E-state index contributed by atoms with van der Waals surface area (Å²) < 4.78 is 55.1. The van der Waals surface area contributed by atoms with E-state index in [0.29, 0.717) is 16.7 Å². The smallest absolute Gasteiger partial charge is 0.336 e. The topological polar surface area (TPSA) is 298 Å². The fraction of sp³-hybridized carbons (Fsp3) is 0.138. The zero-order valence-corrected chi connectivity index (χ0v) is 43.1. The summed E-state index contributed by atoms with van der Waals surface area (Å²) in [6.45, 7) is 6.61. The van der Waals surface area contributed by atoms with Gasteiger partial charge in [-0.1, -0.05) is 75.4 Å². The number of nitrogens with one attached hydrogen (secondary N) is 1. The Morgan fingerprint density at radius 2 is 0.818 bits per heavy atom. The van der Waals surface area contributed by atoms with Crippen LogP contribution in [0.5, 0.6) is 0 Å². The van der Waals surface area contributed by atoms with Gasteiger partial charge in [-0.3, -0.25) is 19.2 Å². The molecule has 0 saturated carbocycles. The van der Waals surface area contributed by atoms with Crippen LogP contribution in [-0.2, 0) is 37.9 Å². The second-order valence-corrected chi connectivity index (χ2v) is 22.3. The van der Waals surface area contributed by atoms with Crippen LogP contribution >= 0.6 is 0 Å². The van der Waals surface area contributed by atoms with E-state index in [2.05, 4.69) is 5.32 Å². The second kappa shape index (κ2) is 21.9. The third kappa shape index (κ3) is 11.7. The highest BCUT2D eigenvalue weighted by Crippen LogP contribution is 2.35. The van der Waals surface area contributed by atoms with Crippen LogP contribution in [0, 0.1) is 6.92 Å². The van der Waals surface area contributed by atoms with Crippen molar-refractivity contribution in [3.8, 4) is 0 Å². The monoisotopic (exact) mass is 1080 g/mol. The molecule has 0 aliphatic carbocycles. The molecule has 1 amide bonds. The van der Waals surface area contributed by atoms with E-state index in [1.807, 2.05) is 0 Å². The SMILES string of the molecule is CCC(=O)c1cc(C(=O)Cc2cccc(S(=O)(=O)c3cccc(NC(=O)c4cc(C(C)(C)c5ccc(C(=O)O)c(C(=O)Cc6cccc(S(=O)(=O)c7cccc(C)c7)c6)c5)ccc4C(=O)O)c3)c2)c(C(=O)O)cc1C(=O)O. The molecule has 0 aliphatic rings. The lowest BCUT2D eigenvalue weighted by Gasteiger charge is -2.28. The Morgan fingerprint density at radius 1 is 0.429 bits per heavy atom. The number of sulfone groups is 2. The number of aromatic carboxylic acids is 4. The zero-order valence-electron chi connectivity index (χ0n) is 41.5. The Hall–Kier alpha value is -9.20. The minimum Gasteiger partial charge on any atom is -0.478 e. The van der Waals surface area contributed by atoms with Crippen LogP contribution in [0.15, 0.2) is 165 Å². The molecule has 0 aliphatic heterocycles. The Bertz CT molecular complexity index is 3890. The summed E-state index contributed by atoms with van der Waals surface area (Å²) in [7, 11) is -8.39. The molecule has 7 rings (SSSR count). The molecule has 392 valence electrons. The molecule has 0 aromatic heterocycles. The molecule has 0 heterocycles. The van der Waals surface area contributed by atoms with Gasteiger partial charge in [0.05, 0.1) is 47.4 Å². The van der Waals surface area contributed by atoms with Gasteiger partial charge in [-0.25, -0.2) is 36.0 Å². The summed E-state index contributed by atoms with van der Waals surface area (Å²) in [6, 6.07) is 32.0. The zero-order chi connectivity index (χ0) is 56.3. The summed E-state index contributed by atoms with van der Waals surface area (Å²) in [5, 5.41) is 42.4. The van der Waals surface area contributed by atoms with Crippen molar-refractivity contribution in [2.75, 3.05) is 5.32 Å². The largest absolute Gasteiger partial charge is 0.478 e. The van der Waals surface area contributed by atoms with Gasteiger partial charge >= 0.3 is 23.9 Å². The fourth-order valence-electron chi connectivity index (χ4n) is 8.63. The summed E-state index contributed by atoms with van der Waals surface area (Å²) >= 11 is 0. The van der Waals surface area contributed by atoms with Crippen molar-refractivity contribution in [1.29, 1.82) is 0 Å². The molecule has 0 unspecified atom stereocenters. The summed E-state index contributed by atoms with van der Waals surface area (Å²) in [5.74, 6) is -9.19. The number of rotatable bonds is 20. The average molecular weight is 1080 g/mol. The Labute approximate surface area is 441 Å². The first-order chi connectivity index (χ1) is 36.2. The number of carboxylic acid groups (broad SMARTS) is 4. The molecule has 7 aromatic rings. The van der Waals surface area contributed by atoms with Crippen LogP contribution in [0.2, 0.25) is 0 Å². The molecule has 0 radical (unpaired) electrons. The summed E-state index contributed by atoms with van der Waals surface area (Å²) in [4.78, 5) is 103. The number of carboxylic acids is 4. The number of anilines is 1. The number of ketones is 3. The molecule has 19 heteroatoms. The van der Waals surface area contributed by atoms with E-state index in [0.717, 1.165) is 23.8 Å². The molecule has 0 bridgehead atoms. The highest BCUT2D eigenvalue weighted by atomic mass is 32.2. The Balaban J connectivity index is 1.14. The normalized spacial score (nSPS) is 11.6. The van der Waals surface area contributed by atoms with Gasteiger partial charge < -0.3 is 25.7 Å².